The van der Waals surface area contributed by atoms with E-state index in [1.807, 2.05) is 0 Å². The molecule has 0 aliphatic heterocycles. The van der Waals surface area contributed by atoms with Crippen molar-refractivity contribution in [2.45, 2.75) is 98.0 Å². The van der Waals surface area contributed by atoms with Crippen molar-refractivity contribution in [3.05, 3.63) is 0 Å². The molecule has 1 nitrogen and oxygen atoms in total. The maximum absolute atomic E-state index is 10.1. The molecular formula is C19H36O. The number of aliphatic hydroxyl groups excluding tert-OH is 1. The average Bonchev–Trinajstić information content (AvgIpc) is 2.39. The fourth-order valence-corrected chi connectivity index (χ4v) is 2.58. The van der Waals surface area contributed by atoms with E-state index in [1.54, 1.807) is 0 Å². The van der Waals surface area contributed by atoms with Gasteiger partial charge in [-0.25, -0.2) is 0 Å². The fraction of sp³-hybridized carbons (Fsp3) is 0.895. The summed E-state index contributed by atoms with van der Waals surface area (Å²) in [5.74, 6) is 7.47. The molecule has 0 unspecified atom stereocenters. The minimum absolute atomic E-state index is 0.174. The highest BCUT2D eigenvalue weighted by Crippen LogP contribution is 2.19. The first-order valence-electron chi connectivity index (χ1n) is 8.76. The SMILES string of the molecule is CCCCC#C[C@H](C)C[C@@H](O)C[C@@H](C)CCCCCC. The quantitative estimate of drug-likeness (QED) is 0.388. The van der Waals surface area contributed by atoms with Gasteiger partial charge in [-0.3, -0.25) is 0 Å². The lowest BCUT2D eigenvalue weighted by molar-refractivity contribution is 0.125. The van der Waals surface area contributed by atoms with E-state index in [9.17, 15) is 5.11 Å². The third kappa shape index (κ3) is 12.5. The molecule has 0 rings (SSSR count). The molecule has 0 aliphatic carbocycles. The Labute approximate surface area is 127 Å². The summed E-state index contributed by atoms with van der Waals surface area (Å²) in [6, 6.07) is 0. The van der Waals surface area contributed by atoms with E-state index in [0.29, 0.717) is 11.8 Å². The van der Waals surface area contributed by atoms with Crippen LogP contribution in [0.25, 0.3) is 0 Å². The van der Waals surface area contributed by atoms with Gasteiger partial charge in [0.1, 0.15) is 0 Å². The molecule has 1 N–H and O–H groups in total. The second-order valence-corrected chi connectivity index (χ2v) is 6.41. The second kappa shape index (κ2) is 13.5. The van der Waals surface area contributed by atoms with E-state index in [2.05, 4.69) is 39.5 Å². The molecule has 0 bridgehead atoms. The lowest BCUT2D eigenvalue weighted by Crippen LogP contribution is -2.15. The van der Waals surface area contributed by atoms with Crippen molar-refractivity contribution in [3.8, 4) is 11.8 Å². The maximum Gasteiger partial charge on any atom is 0.0554 e. The molecule has 0 radical (unpaired) electrons. The zero-order valence-electron chi connectivity index (χ0n) is 14.3. The molecule has 0 saturated carbocycles. The van der Waals surface area contributed by atoms with E-state index < -0.39 is 0 Å². The van der Waals surface area contributed by atoms with Crippen LogP contribution in [0.1, 0.15) is 91.9 Å². The van der Waals surface area contributed by atoms with Crippen molar-refractivity contribution < 1.29 is 5.11 Å². The van der Waals surface area contributed by atoms with Crippen molar-refractivity contribution in [1.82, 2.24) is 0 Å². The van der Waals surface area contributed by atoms with Crippen LogP contribution in [-0.2, 0) is 0 Å². The van der Waals surface area contributed by atoms with Crippen molar-refractivity contribution >= 4 is 0 Å². The molecular weight excluding hydrogens is 244 g/mol. The molecule has 0 fully saturated rings. The lowest BCUT2D eigenvalue weighted by atomic mass is 9.92. The van der Waals surface area contributed by atoms with Gasteiger partial charge >= 0.3 is 0 Å². The van der Waals surface area contributed by atoms with Crippen molar-refractivity contribution in [2.24, 2.45) is 11.8 Å². The van der Waals surface area contributed by atoms with Gasteiger partial charge in [0.2, 0.25) is 0 Å². The van der Waals surface area contributed by atoms with Crippen LogP contribution < -0.4 is 0 Å². The Balaban J connectivity index is 3.73. The van der Waals surface area contributed by atoms with Gasteiger partial charge in [-0.15, -0.1) is 11.8 Å². The van der Waals surface area contributed by atoms with E-state index >= 15 is 0 Å². The van der Waals surface area contributed by atoms with Crippen LogP contribution >= 0.6 is 0 Å². The Morgan fingerprint density at radius 3 is 2.25 bits per heavy atom. The Morgan fingerprint density at radius 2 is 1.60 bits per heavy atom. The highest BCUT2D eigenvalue weighted by molar-refractivity contribution is 5.02. The minimum atomic E-state index is -0.174. The van der Waals surface area contributed by atoms with Gasteiger partial charge in [0, 0.05) is 12.3 Å². The lowest BCUT2D eigenvalue weighted by Gasteiger charge is -2.17. The highest BCUT2D eigenvalue weighted by Gasteiger charge is 2.12. The summed E-state index contributed by atoms with van der Waals surface area (Å²) < 4.78 is 0. The number of hydrogen-bond donors (Lipinski definition) is 1. The van der Waals surface area contributed by atoms with Crippen molar-refractivity contribution in [3.63, 3.8) is 0 Å². The monoisotopic (exact) mass is 280 g/mol. The zero-order chi connectivity index (χ0) is 15.2. The number of hydrogen-bond acceptors (Lipinski definition) is 1. The van der Waals surface area contributed by atoms with Crippen molar-refractivity contribution in [2.75, 3.05) is 0 Å². The van der Waals surface area contributed by atoms with Crippen LogP contribution in [0.3, 0.4) is 0 Å². The Kier molecular flexibility index (Phi) is 13.2. The van der Waals surface area contributed by atoms with Gasteiger partial charge in [-0.1, -0.05) is 66.2 Å². The molecule has 0 heterocycles. The molecule has 0 aromatic heterocycles. The molecule has 0 amide bonds. The molecule has 20 heavy (non-hydrogen) atoms. The van der Waals surface area contributed by atoms with Gasteiger partial charge in [-0.05, 0) is 25.2 Å². The number of unbranched alkanes of at least 4 members (excludes halogenated alkanes) is 5. The van der Waals surface area contributed by atoms with Crippen LogP contribution in [0.5, 0.6) is 0 Å². The van der Waals surface area contributed by atoms with Gasteiger partial charge < -0.3 is 5.11 Å². The van der Waals surface area contributed by atoms with E-state index in [1.165, 1.54) is 44.9 Å². The summed E-state index contributed by atoms with van der Waals surface area (Å²) in [4.78, 5) is 0. The smallest absolute Gasteiger partial charge is 0.0554 e. The first kappa shape index (κ1) is 19.5. The summed E-state index contributed by atoms with van der Waals surface area (Å²) in [6.45, 7) is 8.84. The van der Waals surface area contributed by atoms with E-state index in [4.69, 9.17) is 0 Å². The van der Waals surface area contributed by atoms with Crippen LogP contribution in [0.4, 0.5) is 0 Å². The average molecular weight is 280 g/mol. The largest absolute Gasteiger partial charge is 0.393 e. The topological polar surface area (TPSA) is 20.2 Å². The van der Waals surface area contributed by atoms with E-state index in [0.717, 1.165) is 19.3 Å². The summed E-state index contributed by atoms with van der Waals surface area (Å²) in [7, 11) is 0. The summed E-state index contributed by atoms with van der Waals surface area (Å²) >= 11 is 0. The Hall–Kier alpha value is -0.480. The van der Waals surface area contributed by atoms with Gasteiger partial charge in [0.15, 0.2) is 0 Å². The maximum atomic E-state index is 10.1. The van der Waals surface area contributed by atoms with Crippen LogP contribution in [0, 0.1) is 23.7 Å². The minimum Gasteiger partial charge on any atom is -0.393 e. The summed E-state index contributed by atoms with van der Waals surface area (Å²) in [5.41, 5.74) is 0. The Morgan fingerprint density at radius 1 is 0.900 bits per heavy atom. The normalized spacial score (nSPS) is 15.2. The van der Waals surface area contributed by atoms with Crippen LogP contribution in [0.15, 0.2) is 0 Å². The predicted octanol–water partition coefficient (Wildman–Crippen LogP) is 5.56. The van der Waals surface area contributed by atoms with Crippen molar-refractivity contribution in [1.29, 1.82) is 0 Å². The Bertz CT molecular complexity index is 261. The first-order chi connectivity index (χ1) is 9.60. The number of aliphatic hydroxyl groups is 1. The standard InChI is InChI=1S/C19H36O/c1-5-7-9-11-13-17(3)15-19(20)16-18(4)14-12-10-8-6-2/h17-20H,5-11,13,15-16H2,1-4H3/t17-,18-,19-/m0/s1. The molecule has 0 aliphatic rings. The molecule has 118 valence electrons. The van der Waals surface area contributed by atoms with Gasteiger partial charge in [0.05, 0.1) is 6.10 Å². The van der Waals surface area contributed by atoms with E-state index in [-0.39, 0.29) is 6.10 Å². The zero-order valence-corrected chi connectivity index (χ0v) is 14.3. The molecule has 0 spiro atoms. The van der Waals surface area contributed by atoms with Gasteiger partial charge in [-0.2, -0.15) is 0 Å². The first-order valence-corrected chi connectivity index (χ1v) is 8.76. The molecule has 0 aromatic carbocycles. The summed E-state index contributed by atoms with van der Waals surface area (Å²) in [5, 5.41) is 10.1. The molecule has 0 saturated heterocycles. The fourth-order valence-electron chi connectivity index (χ4n) is 2.58. The number of rotatable bonds is 11. The van der Waals surface area contributed by atoms with Gasteiger partial charge in [0.25, 0.3) is 0 Å². The third-order valence-electron chi connectivity index (χ3n) is 3.85. The molecule has 0 aromatic rings. The van der Waals surface area contributed by atoms with Crippen LogP contribution in [0.2, 0.25) is 0 Å². The predicted molar refractivity (Wildman–Crippen MR) is 89.6 cm³/mol. The highest BCUT2D eigenvalue weighted by atomic mass is 16.3. The molecule has 1 heteroatoms. The third-order valence-corrected chi connectivity index (χ3v) is 3.85. The molecule has 3 atom stereocenters. The second-order valence-electron chi connectivity index (χ2n) is 6.41. The summed E-state index contributed by atoms with van der Waals surface area (Å²) in [6.07, 6.45) is 11.6. The van der Waals surface area contributed by atoms with Crippen LogP contribution in [-0.4, -0.2) is 11.2 Å².